The topological polar surface area (TPSA) is 3.24 Å². The maximum absolute atomic E-state index is 3.76. The number of nitrogens with zero attached hydrogens (tertiary/aromatic N) is 1. The summed E-state index contributed by atoms with van der Waals surface area (Å²) < 4.78 is 0. The fourth-order valence-electron chi connectivity index (χ4n) is 1.15. The van der Waals surface area contributed by atoms with Crippen LogP contribution in [-0.2, 0) is 0 Å². The molecule has 0 bridgehead atoms. The van der Waals surface area contributed by atoms with Crippen LogP contribution in [-0.4, -0.2) is 17.5 Å². The predicted octanol–water partition coefficient (Wildman–Crippen LogP) is 2.81. The van der Waals surface area contributed by atoms with E-state index >= 15 is 0 Å². The third kappa shape index (κ3) is 3.87. The largest absolute Gasteiger partial charge is 0.376 e. The number of allylic oxidation sites excluding steroid dienone is 1. The number of hydrogen-bond acceptors (Lipinski definition) is 1. The van der Waals surface area contributed by atoms with Crippen LogP contribution in [0.1, 0.15) is 26.7 Å². The van der Waals surface area contributed by atoms with E-state index in [1.54, 1.807) is 0 Å². The highest BCUT2D eigenvalue weighted by atomic mass is 15.1. The minimum atomic E-state index is 0.593. The summed E-state index contributed by atoms with van der Waals surface area (Å²) in [6, 6.07) is 0.593. The van der Waals surface area contributed by atoms with Crippen LogP contribution in [0.15, 0.2) is 25.4 Å². The number of hydrogen-bond donors (Lipinski definition) is 0. The lowest BCUT2D eigenvalue weighted by molar-refractivity contribution is 0.295. The molecular weight excluding hydrogens is 134 g/mol. The van der Waals surface area contributed by atoms with Gasteiger partial charge < -0.3 is 4.90 Å². The first-order valence-electron chi connectivity index (χ1n) is 4.25. The lowest BCUT2D eigenvalue weighted by Crippen LogP contribution is -2.27. The van der Waals surface area contributed by atoms with Crippen molar-refractivity contribution in [1.82, 2.24) is 4.90 Å². The average Bonchev–Trinajstić information content (AvgIpc) is 2.03. The van der Waals surface area contributed by atoms with Gasteiger partial charge in [0, 0.05) is 12.6 Å². The molecule has 1 nitrogen and oxygen atoms in total. The zero-order valence-electron chi connectivity index (χ0n) is 7.71. The molecule has 0 aliphatic rings. The molecule has 1 atom stereocenters. The molecule has 0 aromatic heterocycles. The van der Waals surface area contributed by atoms with E-state index in [4.69, 9.17) is 0 Å². The Kier molecular flexibility index (Phi) is 5.63. The van der Waals surface area contributed by atoms with Gasteiger partial charge in [0.05, 0.1) is 0 Å². The predicted molar refractivity (Wildman–Crippen MR) is 51.5 cm³/mol. The summed E-state index contributed by atoms with van der Waals surface area (Å²) in [6.07, 6.45) is 6.13. The van der Waals surface area contributed by atoms with Gasteiger partial charge in [-0.05, 0) is 32.9 Å². The molecule has 0 spiro atoms. The van der Waals surface area contributed by atoms with Crippen LogP contribution in [0.5, 0.6) is 0 Å². The standard InChI is InChI=1S/C10H19N/c1-5-8-9-10(4)11(6-2)7-3/h5-6,10H,1-2,7-9H2,3-4H3. The minimum Gasteiger partial charge on any atom is -0.376 e. The summed E-state index contributed by atoms with van der Waals surface area (Å²) in [7, 11) is 0. The summed E-state index contributed by atoms with van der Waals surface area (Å²) in [5, 5.41) is 0. The molecule has 0 rings (SSSR count). The van der Waals surface area contributed by atoms with Crippen LogP contribution in [0.25, 0.3) is 0 Å². The van der Waals surface area contributed by atoms with Crippen molar-refractivity contribution in [3.8, 4) is 0 Å². The smallest absolute Gasteiger partial charge is 0.0258 e. The molecule has 0 aromatic carbocycles. The van der Waals surface area contributed by atoms with Gasteiger partial charge in [0.2, 0.25) is 0 Å². The highest BCUT2D eigenvalue weighted by Gasteiger charge is 2.04. The van der Waals surface area contributed by atoms with E-state index in [1.165, 1.54) is 6.42 Å². The second-order valence-corrected chi connectivity index (χ2v) is 2.73. The molecule has 0 saturated heterocycles. The van der Waals surface area contributed by atoms with Crippen LogP contribution in [0.3, 0.4) is 0 Å². The van der Waals surface area contributed by atoms with E-state index in [-0.39, 0.29) is 0 Å². The van der Waals surface area contributed by atoms with E-state index in [9.17, 15) is 0 Å². The van der Waals surface area contributed by atoms with Gasteiger partial charge in [-0.15, -0.1) is 6.58 Å². The first-order valence-corrected chi connectivity index (χ1v) is 4.25. The van der Waals surface area contributed by atoms with Gasteiger partial charge in [0.15, 0.2) is 0 Å². The van der Waals surface area contributed by atoms with E-state index < -0.39 is 0 Å². The highest BCUT2D eigenvalue weighted by Crippen LogP contribution is 2.06. The van der Waals surface area contributed by atoms with Crippen molar-refractivity contribution in [2.75, 3.05) is 6.54 Å². The van der Waals surface area contributed by atoms with Gasteiger partial charge in [-0.2, -0.15) is 0 Å². The van der Waals surface area contributed by atoms with Gasteiger partial charge in [-0.1, -0.05) is 12.7 Å². The first kappa shape index (κ1) is 10.3. The third-order valence-corrected chi connectivity index (χ3v) is 1.95. The summed E-state index contributed by atoms with van der Waals surface area (Å²) in [4.78, 5) is 2.24. The molecule has 0 aromatic rings. The van der Waals surface area contributed by atoms with Crippen molar-refractivity contribution in [3.05, 3.63) is 25.4 Å². The van der Waals surface area contributed by atoms with Crippen molar-refractivity contribution in [1.29, 1.82) is 0 Å². The van der Waals surface area contributed by atoms with Gasteiger partial charge in [0.25, 0.3) is 0 Å². The first-order chi connectivity index (χ1) is 5.26. The molecule has 0 aliphatic heterocycles. The Morgan fingerprint density at radius 1 is 1.45 bits per heavy atom. The van der Waals surface area contributed by atoms with E-state index in [2.05, 4.69) is 31.9 Å². The van der Waals surface area contributed by atoms with Crippen LogP contribution < -0.4 is 0 Å². The Balaban J connectivity index is 3.67. The average molecular weight is 153 g/mol. The van der Waals surface area contributed by atoms with Crippen LogP contribution in [0.2, 0.25) is 0 Å². The summed E-state index contributed by atoms with van der Waals surface area (Å²) in [5.74, 6) is 0. The Morgan fingerprint density at radius 2 is 2.09 bits per heavy atom. The minimum absolute atomic E-state index is 0.593. The normalized spacial score (nSPS) is 12.2. The molecule has 1 heteroatoms. The SMILES string of the molecule is C=CCCC(C)N(C=C)CC. The Morgan fingerprint density at radius 3 is 2.45 bits per heavy atom. The molecule has 64 valence electrons. The third-order valence-electron chi connectivity index (χ3n) is 1.95. The van der Waals surface area contributed by atoms with Gasteiger partial charge in [-0.3, -0.25) is 0 Å². The lowest BCUT2D eigenvalue weighted by Gasteiger charge is -2.25. The summed E-state index contributed by atoms with van der Waals surface area (Å²) in [5.41, 5.74) is 0. The highest BCUT2D eigenvalue weighted by molar-refractivity contribution is 4.78. The molecule has 0 heterocycles. The quantitative estimate of drug-likeness (QED) is 0.530. The molecule has 0 aliphatic carbocycles. The van der Waals surface area contributed by atoms with Crippen molar-refractivity contribution in [3.63, 3.8) is 0 Å². The fraction of sp³-hybridized carbons (Fsp3) is 0.600. The molecule has 0 radical (unpaired) electrons. The summed E-state index contributed by atoms with van der Waals surface area (Å²) >= 11 is 0. The maximum atomic E-state index is 3.76. The molecule has 11 heavy (non-hydrogen) atoms. The van der Waals surface area contributed by atoms with Crippen LogP contribution >= 0.6 is 0 Å². The van der Waals surface area contributed by atoms with Gasteiger partial charge in [-0.25, -0.2) is 0 Å². The maximum Gasteiger partial charge on any atom is 0.0258 e. The molecule has 1 unspecified atom stereocenters. The van der Waals surface area contributed by atoms with Crippen molar-refractivity contribution < 1.29 is 0 Å². The number of rotatable bonds is 6. The zero-order valence-corrected chi connectivity index (χ0v) is 7.71. The zero-order chi connectivity index (χ0) is 8.69. The van der Waals surface area contributed by atoms with Crippen molar-refractivity contribution in [2.45, 2.75) is 32.7 Å². The molecular formula is C10H19N. The van der Waals surface area contributed by atoms with Crippen molar-refractivity contribution >= 4 is 0 Å². The Bertz CT molecular complexity index is 118. The van der Waals surface area contributed by atoms with Gasteiger partial charge in [0.1, 0.15) is 0 Å². The fourth-order valence-corrected chi connectivity index (χ4v) is 1.15. The molecule has 0 N–H and O–H groups in total. The molecule has 0 saturated carbocycles. The van der Waals surface area contributed by atoms with E-state index in [0.717, 1.165) is 13.0 Å². The van der Waals surface area contributed by atoms with Crippen LogP contribution in [0.4, 0.5) is 0 Å². The summed E-state index contributed by atoms with van der Waals surface area (Å²) in [6.45, 7) is 12.9. The van der Waals surface area contributed by atoms with E-state index in [0.29, 0.717) is 6.04 Å². The van der Waals surface area contributed by atoms with Gasteiger partial charge >= 0.3 is 0 Å². The molecule has 0 amide bonds. The second kappa shape index (κ2) is 6.02. The second-order valence-electron chi connectivity index (χ2n) is 2.73. The van der Waals surface area contributed by atoms with Crippen molar-refractivity contribution in [2.24, 2.45) is 0 Å². The van der Waals surface area contributed by atoms with Crippen LogP contribution in [0, 0.1) is 0 Å². The monoisotopic (exact) mass is 153 g/mol. The Hall–Kier alpha value is -0.720. The lowest BCUT2D eigenvalue weighted by atomic mass is 10.1. The Labute approximate surface area is 70.4 Å². The van der Waals surface area contributed by atoms with E-state index in [1.807, 2.05) is 12.3 Å². The molecule has 0 fully saturated rings.